The van der Waals surface area contributed by atoms with Gasteiger partial charge in [0.1, 0.15) is 5.75 Å². The zero-order chi connectivity index (χ0) is 21.9. The monoisotopic (exact) mass is 450 g/mol. The number of hydrogen-bond acceptors (Lipinski definition) is 4. The predicted molar refractivity (Wildman–Crippen MR) is 117 cm³/mol. The van der Waals surface area contributed by atoms with E-state index in [2.05, 4.69) is 0 Å². The van der Waals surface area contributed by atoms with Crippen molar-refractivity contribution in [3.05, 3.63) is 58.6 Å². The molecule has 1 fully saturated rings. The second kappa shape index (κ2) is 8.96. The molecule has 2 aromatic rings. The average molecular weight is 451 g/mol. The largest absolute Gasteiger partial charge is 0.493 e. The smallest absolute Gasteiger partial charge is 0.243 e. The molecule has 0 bridgehead atoms. The van der Waals surface area contributed by atoms with Crippen LogP contribution in [-0.4, -0.2) is 38.3 Å². The summed E-state index contributed by atoms with van der Waals surface area (Å²) in [7, 11) is -3.58. The maximum Gasteiger partial charge on any atom is 0.243 e. The fraction of sp³-hybridized carbons (Fsp3) is 0.409. The van der Waals surface area contributed by atoms with E-state index in [0.717, 1.165) is 11.1 Å². The number of carbonyl (C=O) groups excluding carboxylic acids is 1. The first kappa shape index (κ1) is 22.6. The first-order chi connectivity index (χ1) is 14.1. The zero-order valence-electron chi connectivity index (χ0n) is 17.2. The standard InChI is InChI=1S/C22H27ClN2O4S/c1-16-4-3-5-19(12-16)30(27,28)25-10-8-22(9-11-25,14-21(24)26)15-29-18-6-7-20(23)17(2)13-18/h3-7,12-13H,8-11,14-15H2,1-2H3,(H2,24,26). The third kappa shape index (κ3) is 5.14. The van der Waals surface area contributed by atoms with Crippen LogP contribution >= 0.6 is 11.6 Å². The number of primary amides is 1. The van der Waals surface area contributed by atoms with E-state index in [1.807, 2.05) is 26.0 Å². The number of hydrogen-bond donors (Lipinski definition) is 1. The molecule has 1 saturated heterocycles. The van der Waals surface area contributed by atoms with E-state index in [1.165, 1.54) is 4.31 Å². The van der Waals surface area contributed by atoms with Crippen LogP contribution in [0, 0.1) is 19.3 Å². The number of ether oxygens (including phenoxy) is 1. The Kier molecular flexibility index (Phi) is 6.75. The Bertz CT molecular complexity index is 1030. The van der Waals surface area contributed by atoms with Gasteiger partial charge in [0, 0.05) is 29.9 Å². The lowest BCUT2D eigenvalue weighted by Crippen LogP contribution is -2.47. The second-order valence-corrected chi connectivity index (χ2v) is 10.4. The number of amides is 1. The minimum atomic E-state index is -3.58. The van der Waals surface area contributed by atoms with Gasteiger partial charge in [0.05, 0.1) is 11.5 Å². The Morgan fingerprint density at radius 1 is 1.17 bits per heavy atom. The van der Waals surface area contributed by atoms with Crippen molar-refractivity contribution in [2.75, 3.05) is 19.7 Å². The van der Waals surface area contributed by atoms with Crippen LogP contribution in [0.4, 0.5) is 0 Å². The fourth-order valence-electron chi connectivity index (χ4n) is 3.81. The lowest BCUT2D eigenvalue weighted by molar-refractivity contribution is -0.121. The van der Waals surface area contributed by atoms with Crippen molar-refractivity contribution in [3.63, 3.8) is 0 Å². The van der Waals surface area contributed by atoms with Crippen molar-refractivity contribution < 1.29 is 17.9 Å². The average Bonchev–Trinajstić information content (AvgIpc) is 2.69. The van der Waals surface area contributed by atoms with Gasteiger partial charge in [0.2, 0.25) is 15.9 Å². The maximum absolute atomic E-state index is 13.0. The van der Waals surface area contributed by atoms with Gasteiger partial charge in [-0.05, 0) is 68.1 Å². The predicted octanol–water partition coefficient (Wildman–Crippen LogP) is 3.68. The molecule has 6 nitrogen and oxygen atoms in total. The molecule has 0 unspecified atom stereocenters. The molecule has 0 aliphatic carbocycles. The van der Waals surface area contributed by atoms with Crippen molar-refractivity contribution in [2.45, 2.75) is 38.0 Å². The molecule has 2 aromatic carbocycles. The highest BCUT2D eigenvalue weighted by Crippen LogP contribution is 2.37. The molecule has 0 atom stereocenters. The summed E-state index contributed by atoms with van der Waals surface area (Å²) in [6, 6.07) is 12.3. The number of piperidine rings is 1. The van der Waals surface area contributed by atoms with Crippen molar-refractivity contribution in [1.82, 2.24) is 4.31 Å². The van der Waals surface area contributed by atoms with Crippen molar-refractivity contribution in [2.24, 2.45) is 11.1 Å². The molecule has 1 amide bonds. The number of halogens is 1. The van der Waals surface area contributed by atoms with Crippen LogP contribution in [0.15, 0.2) is 47.4 Å². The van der Waals surface area contributed by atoms with E-state index in [-0.39, 0.29) is 17.9 Å². The molecule has 1 aliphatic rings. The van der Waals surface area contributed by atoms with Gasteiger partial charge in [0.25, 0.3) is 0 Å². The van der Waals surface area contributed by atoms with Gasteiger partial charge < -0.3 is 10.5 Å². The van der Waals surface area contributed by atoms with E-state index in [1.54, 1.807) is 30.3 Å². The third-order valence-corrected chi connectivity index (χ3v) is 7.95. The summed E-state index contributed by atoms with van der Waals surface area (Å²) >= 11 is 6.07. The lowest BCUT2D eigenvalue weighted by atomic mass is 9.76. The van der Waals surface area contributed by atoms with Crippen LogP contribution in [0.2, 0.25) is 5.02 Å². The number of aryl methyl sites for hydroxylation is 2. The van der Waals surface area contributed by atoms with Gasteiger partial charge in [0.15, 0.2) is 0 Å². The van der Waals surface area contributed by atoms with Crippen LogP contribution < -0.4 is 10.5 Å². The van der Waals surface area contributed by atoms with Crippen molar-refractivity contribution in [1.29, 1.82) is 0 Å². The molecular formula is C22H27ClN2O4S. The number of nitrogens with two attached hydrogens (primary N) is 1. The summed E-state index contributed by atoms with van der Waals surface area (Å²) in [5, 5.41) is 0.656. The van der Waals surface area contributed by atoms with Crippen molar-refractivity contribution >= 4 is 27.5 Å². The molecule has 2 N–H and O–H groups in total. The SMILES string of the molecule is Cc1cccc(S(=O)(=O)N2CCC(COc3ccc(Cl)c(C)c3)(CC(N)=O)CC2)c1. The van der Waals surface area contributed by atoms with E-state index < -0.39 is 21.3 Å². The lowest BCUT2D eigenvalue weighted by Gasteiger charge is -2.40. The van der Waals surface area contributed by atoms with Crippen LogP contribution in [0.5, 0.6) is 5.75 Å². The maximum atomic E-state index is 13.0. The van der Waals surface area contributed by atoms with Gasteiger partial charge in [-0.2, -0.15) is 4.31 Å². The highest BCUT2D eigenvalue weighted by Gasteiger charge is 2.40. The Balaban J connectivity index is 1.73. The first-order valence-corrected chi connectivity index (χ1v) is 11.7. The summed E-state index contributed by atoms with van der Waals surface area (Å²) in [4.78, 5) is 12.0. The van der Waals surface area contributed by atoms with E-state index >= 15 is 0 Å². The van der Waals surface area contributed by atoms with E-state index in [0.29, 0.717) is 36.7 Å². The molecule has 8 heteroatoms. The van der Waals surface area contributed by atoms with Crippen LogP contribution in [0.25, 0.3) is 0 Å². The molecule has 1 aliphatic heterocycles. The van der Waals surface area contributed by atoms with Gasteiger partial charge in [-0.25, -0.2) is 8.42 Å². The van der Waals surface area contributed by atoms with E-state index in [4.69, 9.17) is 22.1 Å². The molecule has 0 saturated carbocycles. The minimum Gasteiger partial charge on any atom is -0.493 e. The fourth-order valence-corrected chi connectivity index (χ4v) is 5.48. The molecule has 162 valence electrons. The van der Waals surface area contributed by atoms with Crippen LogP contribution in [-0.2, 0) is 14.8 Å². The quantitative estimate of drug-likeness (QED) is 0.696. The summed E-state index contributed by atoms with van der Waals surface area (Å²) < 4.78 is 33.5. The topological polar surface area (TPSA) is 89.7 Å². The molecule has 0 aromatic heterocycles. The normalized spacial score (nSPS) is 16.9. The molecule has 1 heterocycles. The molecule has 0 radical (unpaired) electrons. The Morgan fingerprint density at radius 3 is 2.47 bits per heavy atom. The third-order valence-electron chi connectivity index (χ3n) is 5.63. The number of nitrogens with zero attached hydrogens (tertiary/aromatic N) is 1. The van der Waals surface area contributed by atoms with E-state index in [9.17, 15) is 13.2 Å². The van der Waals surface area contributed by atoms with Crippen LogP contribution in [0.1, 0.15) is 30.4 Å². The Hall–Kier alpha value is -2.09. The molecule has 30 heavy (non-hydrogen) atoms. The Morgan fingerprint density at radius 2 is 1.87 bits per heavy atom. The number of benzene rings is 2. The van der Waals surface area contributed by atoms with Gasteiger partial charge >= 0.3 is 0 Å². The molecule has 0 spiro atoms. The number of sulfonamides is 1. The first-order valence-electron chi connectivity index (χ1n) is 9.85. The second-order valence-electron chi connectivity index (χ2n) is 8.06. The Labute approximate surface area is 183 Å². The summed E-state index contributed by atoms with van der Waals surface area (Å²) in [6.07, 6.45) is 1.14. The molecular weight excluding hydrogens is 424 g/mol. The summed E-state index contributed by atoms with van der Waals surface area (Å²) in [5.41, 5.74) is 6.80. The molecule has 3 rings (SSSR count). The van der Waals surface area contributed by atoms with Crippen molar-refractivity contribution in [3.8, 4) is 5.75 Å². The zero-order valence-corrected chi connectivity index (χ0v) is 18.8. The van der Waals surface area contributed by atoms with Gasteiger partial charge in [-0.15, -0.1) is 0 Å². The summed E-state index contributed by atoms with van der Waals surface area (Å²) in [6.45, 7) is 4.67. The van der Waals surface area contributed by atoms with Gasteiger partial charge in [-0.3, -0.25) is 4.79 Å². The number of rotatable bonds is 7. The highest BCUT2D eigenvalue weighted by atomic mass is 35.5. The van der Waals surface area contributed by atoms with Crippen LogP contribution in [0.3, 0.4) is 0 Å². The van der Waals surface area contributed by atoms with Gasteiger partial charge in [-0.1, -0.05) is 23.7 Å². The number of carbonyl (C=O) groups is 1. The highest BCUT2D eigenvalue weighted by molar-refractivity contribution is 7.89. The summed E-state index contributed by atoms with van der Waals surface area (Å²) in [5.74, 6) is 0.247. The minimum absolute atomic E-state index is 0.151.